The molecule has 0 bridgehead atoms. The topological polar surface area (TPSA) is 113 Å². The van der Waals surface area contributed by atoms with Crippen molar-refractivity contribution in [3.05, 3.63) is 0 Å². The monoisotopic (exact) mass is 475 g/mol. The fourth-order valence-electron chi connectivity index (χ4n) is 3.09. The molecule has 0 aromatic rings. The van der Waals surface area contributed by atoms with E-state index in [0.717, 1.165) is 37.9 Å². The van der Waals surface area contributed by atoms with Gasteiger partial charge in [0.05, 0.1) is 22.0 Å². The van der Waals surface area contributed by atoms with Crippen LogP contribution in [-0.4, -0.2) is 60.7 Å². The molecule has 172 valence electrons. The molecule has 0 aromatic heterocycles. The van der Waals surface area contributed by atoms with Crippen LogP contribution in [0.4, 0.5) is 0 Å². The van der Waals surface area contributed by atoms with Gasteiger partial charge in [-0.1, -0.05) is 32.1 Å². The van der Waals surface area contributed by atoms with Gasteiger partial charge >= 0.3 is 29.6 Å². The first-order valence-corrected chi connectivity index (χ1v) is 13.0. The van der Waals surface area contributed by atoms with Crippen LogP contribution >= 0.6 is 11.8 Å². The first-order valence-electron chi connectivity index (χ1n) is 10.3. The number of carbonyl (C=O) groups excluding carboxylic acids is 2. The van der Waals surface area contributed by atoms with Gasteiger partial charge in [0.2, 0.25) is 5.91 Å². The quantitative estimate of drug-likeness (QED) is 0.172. The first kappa shape index (κ1) is 32.5. The molecule has 1 atom stereocenters. The molecule has 0 aliphatic carbocycles. The first-order chi connectivity index (χ1) is 13.4. The summed E-state index contributed by atoms with van der Waals surface area (Å²) in [5.74, 6) is 1.01. The van der Waals surface area contributed by atoms with E-state index >= 15 is 0 Å². The minimum atomic E-state index is -4.37. The van der Waals surface area contributed by atoms with Crippen molar-refractivity contribution in [2.45, 2.75) is 90.2 Å². The van der Waals surface area contributed by atoms with E-state index in [4.69, 9.17) is 4.74 Å². The molecule has 0 aliphatic rings. The maximum atomic E-state index is 11.9. The molecule has 0 spiro atoms. The van der Waals surface area contributed by atoms with E-state index in [1.54, 1.807) is 25.8 Å². The Morgan fingerprint density at radius 2 is 1.63 bits per heavy atom. The molecule has 7 nitrogen and oxygen atoms in total. The van der Waals surface area contributed by atoms with E-state index in [2.05, 4.69) is 5.32 Å². The van der Waals surface area contributed by atoms with Crippen LogP contribution in [0.5, 0.6) is 0 Å². The Kier molecular flexibility index (Phi) is 19.4. The number of rotatable bonds is 18. The van der Waals surface area contributed by atoms with Gasteiger partial charge in [0.15, 0.2) is 0 Å². The fraction of sp³-hybridized carbons (Fsp3) is 0.900. The molecule has 1 amide bonds. The number of nitrogens with one attached hydrogen (secondary N) is 1. The molecule has 0 radical (unpaired) electrons. The van der Waals surface area contributed by atoms with Gasteiger partial charge in [0, 0.05) is 31.2 Å². The normalized spacial score (nSPS) is 12.8. The molecular weight excluding hydrogens is 437 g/mol. The number of ketones is 1. The van der Waals surface area contributed by atoms with Crippen LogP contribution in [0.2, 0.25) is 0 Å². The van der Waals surface area contributed by atoms with Crippen molar-refractivity contribution < 1.29 is 56.9 Å². The number of amides is 1. The van der Waals surface area contributed by atoms with Crippen molar-refractivity contribution in [3.8, 4) is 0 Å². The molecule has 1 unspecified atom stereocenters. The SMILES string of the molecule is COC(CCCCCCCCSCCC(=O)NC(C)(C)CS(=O)(=O)[O-])CC(C)=O.[Na+]. The molecular formula is C20H38NNaO6S2. The molecule has 0 heterocycles. The zero-order chi connectivity index (χ0) is 22.3. The van der Waals surface area contributed by atoms with Crippen LogP contribution in [0, 0.1) is 0 Å². The van der Waals surface area contributed by atoms with Gasteiger partial charge in [-0.2, -0.15) is 11.8 Å². The van der Waals surface area contributed by atoms with Gasteiger partial charge < -0.3 is 14.6 Å². The third-order valence-corrected chi connectivity index (χ3v) is 6.55. The summed E-state index contributed by atoms with van der Waals surface area (Å²) in [7, 11) is -2.71. The van der Waals surface area contributed by atoms with Crippen molar-refractivity contribution in [3.63, 3.8) is 0 Å². The minimum Gasteiger partial charge on any atom is -0.748 e. The maximum absolute atomic E-state index is 11.9. The fourth-order valence-corrected chi connectivity index (χ4v) is 4.99. The van der Waals surface area contributed by atoms with E-state index in [9.17, 15) is 22.6 Å². The Morgan fingerprint density at radius 3 is 2.17 bits per heavy atom. The summed E-state index contributed by atoms with van der Waals surface area (Å²) in [6.07, 6.45) is 8.67. The molecule has 1 N–H and O–H groups in total. The third kappa shape index (κ3) is 21.6. The summed E-state index contributed by atoms with van der Waals surface area (Å²) in [6.45, 7) is 4.66. The predicted octanol–water partition coefficient (Wildman–Crippen LogP) is 0.279. The molecule has 0 saturated carbocycles. The summed E-state index contributed by atoms with van der Waals surface area (Å²) in [4.78, 5) is 23.0. The van der Waals surface area contributed by atoms with Crippen molar-refractivity contribution in [2.24, 2.45) is 0 Å². The van der Waals surface area contributed by atoms with Crippen molar-refractivity contribution in [1.82, 2.24) is 5.32 Å². The number of carbonyl (C=O) groups is 2. The number of unbranched alkanes of at least 4 members (excludes halogenated alkanes) is 5. The van der Waals surface area contributed by atoms with Crippen LogP contribution < -0.4 is 34.9 Å². The van der Waals surface area contributed by atoms with Crippen LogP contribution in [-0.2, 0) is 24.4 Å². The zero-order valence-electron chi connectivity index (χ0n) is 19.3. The van der Waals surface area contributed by atoms with Crippen LogP contribution in [0.1, 0.15) is 78.6 Å². The van der Waals surface area contributed by atoms with E-state index in [-0.39, 0.29) is 47.4 Å². The number of methoxy groups -OCH3 is 1. The Balaban J connectivity index is 0. The molecule has 0 aliphatic heterocycles. The molecule has 0 aromatic carbocycles. The number of hydrogen-bond donors (Lipinski definition) is 1. The molecule has 0 rings (SSSR count). The van der Waals surface area contributed by atoms with Crippen LogP contribution in [0.3, 0.4) is 0 Å². The number of hydrogen-bond acceptors (Lipinski definition) is 7. The van der Waals surface area contributed by atoms with Crippen molar-refractivity contribution >= 4 is 33.6 Å². The summed E-state index contributed by atoms with van der Waals surface area (Å²) in [5.41, 5.74) is -1.04. The average Bonchev–Trinajstić information content (AvgIpc) is 2.55. The smallest absolute Gasteiger partial charge is 0.748 e. The predicted molar refractivity (Wildman–Crippen MR) is 117 cm³/mol. The Labute approximate surface area is 209 Å². The summed E-state index contributed by atoms with van der Waals surface area (Å²) >= 11 is 1.71. The average molecular weight is 476 g/mol. The van der Waals surface area contributed by atoms with E-state index in [1.165, 1.54) is 26.7 Å². The second kappa shape index (κ2) is 17.9. The maximum Gasteiger partial charge on any atom is 1.00 e. The van der Waals surface area contributed by atoms with E-state index < -0.39 is 21.4 Å². The van der Waals surface area contributed by atoms with Gasteiger partial charge in [-0.05, 0) is 39.4 Å². The Hall–Kier alpha value is 0.360. The van der Waals surface area contributed by atoms with Crippen molar-refractivity contribution in [2.75, 3.05) is 24.4 Å². The summed E-state index contributed by atoms with van der Waals surface area (Å²) < 4.78 is 37.8. The molecule has 0 fully saturated rings. The van der Waals surface area contributed by atoms with E-state index in [1.807, 2.05) is 0 Å². The molecule has 30 heavy (non-hydrogen) atoms. The second-order valence-electron chi connectivity index (χ2n) is 8.17. The van der Waals surface area contributed by atoms with Gasteiger partial charge in [-0.25, -0.2) is 8.42 Å². The van der Waals surface area contributed by atoms with E-state index in [0.29, 0.717) is 18.6 Å². The van der Waals surface area contributed by atoms with Gasteiger partial charge in [-0.3, -0.25) is 9.59 Å². The number of thioether (sulfide) groups is 1. The largest absolute Gasteiger partial charge is 1.00 e. The molecule has 10 heteroatoms. The van der Waals surface area contributed by atoms with Gasteiger partial charge in [0.1, 0.15) is 5.78 Å². The van der Waals surface area contributed by atoms with Crippen LogP contribution in [0.15, 0.2) is 0 Å². The summed E-state index contributed by atoms with van der Waals surface area (Å²) in [6, 6.07) is 0. The van der Waals surface area contributed by atoms with Crippen LogP contribution in [0.25, 0.3) is 0 Å². The third-order valence-electron chi connectivity index (χ3n) is 4.40. The Morgan fingerprint density at radius 1 is 1.07 bits per heavy atom. The second-order valence-corrected chi connectivity index (χ2v) is 10.8. The minimum absolute atomic E-state index is 0. The zero-order valence-corrected chi connectivity index (χ0v) is 23.0. The molecule has 0 saturated heterocycles. The van der Waals surface area contributed by atoms with Crippen molar-refractivity contribution in [1.29, 1.82) is 0 Å². The Bertz CT molecular complexity index is 584. The number of Topliss-reactive ketones (excluding diaryl/α,β-unsaturated/α-hetero) is 1. The van der Waals surface area contributed by atoms with Gasteiger partial charge in [-0.15, -0.1) is 0 Å². The van der Waals surface area contributed by atoms with Gasteiger partial charge in [0.25, 0.3) is 0 Å². The number of ether oxygens (including phenoxy) is 1. The standard InChI is InChI=1S/C20H39NO6S2.Na/c1-17(22)15-18(27-4)11-9-7-5-6-8-10-13-28-14-12-19(23)21-20(2,3)16-29(24,25)26;/h18H,5-16H2,1-4H3,(H,21,23)(H,24,25,26);/q;+1/p-1. The summed E-state index contributed by atoms with van der Waals surface area (Å²) in [5, 5.41) is 2.61.